The molecule has 0 amide bonds. The summed E-state index contributed by atoms with van der Waals surface area (Å²) >= 11 is 0. The fourth-order valence-electron chi connectivity index (χ4n) is 1.38. The molecule has 8 nitrogen and oxygen atoms in total. The third-order valence-corrected chi connectivity index (χ3v) is 2.16. The molecule has 8 heteroatoms. The van der Waals surface area contributed by atoms with Crippen LogP contribution in [-0.2, 0) is 19.2 Å². The number of carbonyl (C=O) groups is 4. The van der Waals surface area contributed by atoms with Crippen molar-refractivity contribution < 1.29 is 39.6 Å². The molecule has 22 heavy (non-hydrogen) atoms. The van der Waals surface area contributed by atoms with E-state index in [-0.39, 0.29) is 11.1 Å². The highest BCUT2D eigenvalue weighted by Gasteiger charge is 2.18. The fraction of sp³-hybridized carbons (Fsp3) is 0.429. The first-order chi connectivity index (χ1) is 10.2. The van der Waals surface area contributed by atoms with Crippen LogP contribution in [-0.4, -0.2) is 44.3 Å². The summed E-state index contributed by atoms with van der Waals surface area (Å²) in [6.45, 7) is 3.66. The Morgan fingerprint density at radius 3 is 1.09 bits per heavy atom. The Morgan fingerprint density at radius 1 is 0.682 bits per heavy atom. The summed E-state index contributed by atoms with van der Waals surface area (Å²) in [6, 6.07) is 0. The van der Waals surface area contributed by atoms with Crippen LogP contribution in [0.4, 0.5) is 0 Å². The van der Waals surface area contributed by atoms with Gasteiger partial charge in [0, 0.05) is 23.0 Å². The predicted molar refractivity (Wildman–Crippen MR) is 75.2 cm³/mol. The third-order valence-electron chi connectivity index (χ3n) is 2.16. The minimum absolute atomic E-state index is 0.0434. The Bertz CT molecular complexity index is 475. The summed E-state index contributed by atoms with van der Waals surface area (Å²) in [5.41, 5.74) is 0.0868. The van der Waals surface area contributed by atoms with Gasteiger partial charge in [0.05, 0.1) is 0 Å². The second-order valence-electron chi connectivity index (χ2n) is 3.93. The van der Waals surface area contributed by atoms with Crippen LogP contribution in [0.1, 0.15) is 39.5 Å². The van der Waals surface area contributed by atoms with Crippen molar-refractivity contribution in [1.82, 2.24) is 0 Å². The van der Waals surface area contributed by atoms with Gasteiger partial charge in [-0.05, 0) is 12.8 Å². The molecule has 4 N–H and O–H groups in total. The maximum Gasteiger partial charge on any atom is 0.382 e. The van der Waals surface area contributed by atoms with Crippen LogP contribution in [0, 0.1) is 11.8 Å². The Hall–Kier alpha value is -2.82. The Morgan fingerprint density at radius 2 is 0.955 bits per heavy atom. The standard InChI is InChI=1S/C10H16O4.C4H2O4/c1-3-5-7(9(11)12)8(6-4-2)10(13)14;5-3(6)1-2-4(7)8/h3-6H2,1-2H3,(H,11,12)(H,13,14);(H,5,6)(H,7,8)/b8-7-;. The van der Waals surface area contributed by atoms with E-state index in [1.54, 1.807) is 0 Å². The summed E-state index contributed by atoms with van der Waals surface area (Å²) in [5.74, 6) is -2.28. The molecule has 0 aromatic rings. The van der Waals surface area contributed by atoms with Crippen molar-refractivity contribution in [3.63, 3.8) is 0 Å². The zero-order valence-electron chi connectivity index (χ0n) is 12.3. The van der Waals surface area contributed by atoms with Gasteiger partial charge in [-0.15, -0.1) is 0 Å². The van der Waals surface area contributed by atoms with Crippen LogP contribution in [0.3, 0.4) is 0 Å². The quantitative estimate of drug-likeness (QED) is 0.422. The Labute approximate surface area is 127 Å². The second kappa shape index (κ2) is 12.0. The van der Waals surface area contributed by atoms with Gasteiger partial charge in [-0.2, -0.15) is 0 Å². The molecule has 0 radical (unpaired) electrons. The van der Waals surface area contributed by atoms with Crippen LogP contribution in [0.25, 0.3) is 0 Å². The van der Waals surface area contributed by atoms with E-state index in [1.807, 2.05) is 13.8 Å². The number of carboxylic acids is 4. The van der Waals surface area contributed by atoms with E-state index in [2.05, 4.69) is 0 Å². The maximum absolute atomic E-state index is 10.8. The number of aliphatic carboxylic acids is 4. The first-order valence-corrected chi connectivity index (χ1v) is 6.33. The van der Waals surface area contributed by atoms with E-state index in [1.165, 1.54) is 11.8 Å². The summed E-state index contributed by atoms with van der Waals surface area (Å²) in [7, 11) is 0. The number of carboxylic acid groups (broad SMARTS) is 4. The van der Waals surface area contributed by atoms with Crippen LogP contribution in [0.2, 0.25) is 0 Å². The van der Waals surface area contributed by atoms with Gasteiger partial charge in [0.25, 0.3) is 0 Å². The molecule has 0 bridgehead atoms. The van der Waals surface area contributed by atoms with Crippen LogP contribution in [0.5, 0.6) is 0 Å². The molecule has 0 saturated carbocycles. The van der Waals surface area contributed by atoms with Crippen LogP contribution in [0.15, 0.2) is 11.1 Å². The lowest BCUT2D eigenvalue weighted by Gasteiger charge is -2.06. The molecular weight excluding hydrogens is 296 g/mol. The molecule has 0 heterocycles. The Balaban J connectivity index is 0. The van der Waals surface area contributed by atoms with Gasteiger partial charge in [-0.25, -0.2) is 19.2 Å². The number of hydrogen-bond donors (Lipinski definition) is 4. The minimum Gasteiger partial charge on any atom is -0.478 e. The molecule has 122 valence electrons. The molecule has 0 aromatic heterocycles. The SMILES string of the molecule is CCC/C(C(=O)O)=C(\CCC)C(=O)O.O=C(O)C#CC(=O)O. The monoisotopic (exact) mass is 314 g/mol. The van der Waals surface area contributed by atoms with Crippen LogP contribution < -0.4 is 0 Å². The van der Waals surface area contributed by atoms with Gasteiger partial charge >= 0.3 is 23.9 Å². The summed E-state index contributed by atoms with van der Waals surface area (Å²) < 4.78 is 0. The van der Waals surface area contributed by atoms with Gasteiger partial charge in [-0.3, -0.25) is 0 Å². The minimum atomic E-state index is -1.44. The van der Waals surface area contributed by atoms with Gasteiger partial charge in [0.1, 0.15) is 0 Å². The largest absolute Gasteiger partial charge is 0.478 e. The predicted octanol–water partition coefficient (Wildman–Crippen LogP) is 1.21. The molecule has 0 unspecified atom stereocenters. The first kappa shape index (κ1) is 21.5. The van der Waals surface area contributed by atoms with Crippen molar-refractivity contribution in [2.24, 2.45) is 0 Å². The smallest absolute Gasteiger partial charge is 0.382 e. The van der Waals surface area contributed by atoms with Crippen molar-refractivity contribution in [3.8, 4) is 11.8 Å². The molecule has 0 rings (SSSR count). The van der Waals surface area contributed by atoms with Gasteiger partial charge in [0.2, 0.25) is 0 Å². The van der Waals surface area contributed by atoms with E-state index in [0.717, 1.165) is 0 Å². The molecule has 0 fully saturated rings. The zero-order chi connectivity index (χ0) is 17.7. The highest BCUT2D eigenvalue weighted by molar-refractivity contribution is 5.98. The van der Waals surface area contributed by atoms with Crippen molar-refractivity contribution in [3.05, 3.63) is 11.1 Å². The van der Waals surface area contributed by atoms with E-state index in [4.69, 9.17) is 20.4 Å². The molecular formula is C14H18O8. The molecule has 0 aliphatic heterocycles. The van der Waals surface area contributed by atoms with Crippen molar-refractivity contribution >= 4 is 23.9 Å². The fourth-order valence-corrected chi connectivity index (χ4v) is 1.38. The van der Waals surface area contributed by atoms with Crippen molar-refractivity contribution in [1.29, 1.82) is 0 Å². The normalized spacial score (nSPS) is 10.1. The highest BCUT2D eigenvalue weighted by atomic mass is 16.4. The molecule has 0 aromatic carbocycles. The lowest BCUT2D eigenvalue weighted by atomic mass is 10.00. The molecule has 0 aliphatic rings. The summed E-state index contributed by atoms with van der Waals surface area (Å²) in [6.07, 6.45) is 1.91. The maximum atomic E-state index is 10.8. The van der Waals surface area contributed by atoms with Gasteiger partial charge < -0.3 is 20.4 Å². The zero-order valence-corrected chi connectivity index (χ0v) is 12.3. The van der Waals surface area contributed by atoms with E-state index in [9.17, 15) is 19.2 Å². The third kappa shape index (κ3) is 11.0. The van der Waals surface area contributed by atoms with Gasteiger partial charge in [0.15, 0.2) is 0 Å². The topological polar surface area (TPSA) is 149 Å². The summed E-state index contributed by atoms with van der Waals surface area (Å²) in [4.78, 5) is 40.5. The van der Waals surface area contributed by atoms with E-state index >= 15 is 0 Å². The van der Waals surface area contributed by atoms with Crippen LogP contribution >= 0.6 is 0 Å². The lowest BCUT2D eigenvalue weighted by Crippen LogP contribution is -2.11. The van der Waals surface area contributed by atoms with Gasteiger partial charge in [-0.1, -0.05) is 26.7 Å². The average Bonchev–Trinajstić information content (AvgIpc) is 2.40. The number of rotatable bonds is 6. The van der Waals surface area contributed by atoms with E-state index in [0.29, 0.717) is 25.7 Å². The highest BCUT2D eigenvalue weighted by Crippen LogP contribution is 2.16. The Kier molecular flexibility index (Phi) is 11.7. The molecule has 0 aliphatic carbocycles. The first-order valence-electron chi connectivity index (χ1n) is 6.33. The van der Waals surface area contributed by atoms with E-state index < -0.39 is 23.9 Å². The van der Waals surface area contributed by atoms with Crippen molar-refractivity contribution in [2.75, 3.05) is 0 Å². The molecule has 0 spiro atoms. The lowest BCUT2D eigenvalue weighted by molar-refractivity contribution is -0.136. The average molecular weight is 314 g/mol. The van der Waals surface area contributed by atoms with Crippen molar-refractivity contribution in [2.45, 2.75) is 39.5 Å². The number of hydrogen-bond acceptors (Lipinski definition) is 4. The molecule has 0 atom stereocenters. The molecule has 0 saturated heterocycles. The second-order valence-corrected chi connectivity index (χ2v) is 3.93. The summed E-state index contributed by atoms with van der Waals surface area (Å²) in [5, 5.41) is 33.1.